The third kappa shape index (κ3) is 3.47. The van der Waals surface area contributed by atoms with Gasteiger partial charge in [0.25, 0.3) is 5.91 Å². The van der Waals surface area contributed by atoms with E-state index >= 15 is 0 Å². The van der Waals surface area contributed by atoms with Gasteiger partial charge in [-0.05, 0) is 12.1 Å². The van der Waals surface area contributed by atoms with Crippen LogP contribution in [0, 0.1) is 0 Å². The first-order valence-electron chi connectivity index (χ1n) is 4.53. The van der Waals surface area contributed by atoms with Gasteiger partial charge in [0.15, 0.2) is 6.61 Å². The van der Waals surface area contributed by atoms with Gasteiger partial charge in [-0.15, -0.1) is 0 Å². The highest BCUT2D eigenvalue weighted by atomic mass is 16.5. The van der Waals surface area contributed by atoms with Crippen molar-refractivity contribution in [2.45, 2.75) is 0 Å². The number of hydrogen-bond donors (Lipinski definition) is 2. The number of nitrogens with two attached hydrogens (primary N) is 1. The first-order valence-corrected chi connectivity index (χ1v) is 4.53. The molecule has 0 aliphatic heterocycles. The van der Waals surface area contributed by atoms with Gasteiger partial charge in [0, 0.05) is 25.8 Å². The van der Waals surface area contributed by atoms with Crippen LogP contribution in [-0.2, 0) is 4.79 Å². The van der Waals surface area contributed by atoms with Crippen LogP contribution in [0.4, 0.5) is 5.69 Å². The molecule has 0 radical (unpaired) electrons. The second-order valence-electron chi connectivity index (χ2n) is 3.25. The number of benzene rings is 1. The normalized spacial score (nSPS) is 9.53. The van der Waals surface area contributed by atoms with E-state index in [9.17, 15) is 4.79 Å². The van der Waals surface area contributed by atoms with E-state index in [1.165, 1.54) is 0 Å². The Morgan fingerprint density at radius 2 is 2.27 bits per heavy atom. The predicted octanol–water partition coefficient (Wildman–Crippen LogP) is 0.121. The summed E-state index contributed by atoms with van der Waals surface area (Å²) in [5, 5.41) is 0. The van der Waals surface area contributed by atoms with E-state index in [-0.39, 0.29) is 12.5 Å². The number of carbonyl (C=O) groups is 1. The van der Waals surface area contributed by atoms with Crippen LogP contribution in [0.15, 0.2) is 24.3 Å². The van der Waals surface area contributed by atoms with Crippen LogP contribution < -0.4 is 20.9 Å². The van der Waals surface area contributed by atoms with Crippen LogP contribution in [0.25, 0.3) is 0 Å². The summed E-state index contributed by atoms with van der Waals surface area (Å²) in [5.41, 5.74) is 3.01. The Morgan fingerprint density at radius 3 is 2.87 bits per heavy atom. The molecule has 0 aliphatic rings. The molecule has 1 aromatic rings. The fourth-order valence-corrected chi connectivity index (χ4v) is 1.04. The van der Waals surface area contributed by atoms with E-state index < -0.39 is 0 Å². The molecule has 0 heterocycles. The molecule has 0 unspecified atom stereocenters. The maximum Gasteiger partial charge on any atom is 0.271 e. The lowest BCUT2D eigenvalue weighted by molar-refractivity contribution is -0.123. The maximum absolute atomic E-state index is 10.8. The minimum Gasteiger partial charge on any atom is -0.484 e. The second kappa shape index (κ2) is 5.21. The van der Waals surface area contributed by atoms with Crippen molar-refractivity contribution >= 4 is 11.6 Å². The van der Waals surface area contributed by atoms with Crippen molar-refractivity contribution in [3.05, 3.63) is 24.3 Å². The lowest BCUT2D eigenvalue weighted by Gasteiger charge is -2.13. The number of hydrazine groups is 1. The van der Waals surface area contributed by atoms with Crippen LogP contribution in [0.5, 0.6) is 5.75 Å². The topological polar surface area (TPSA) is 67.6 Å². The van der Waals surface area contributed by atoms with Gasteiger partial charge in [0.1, 0.15) is 5.75 Å². The predicted molar refractivity (Wildman–Crippen MR) is 58.6 cm³/mol. The largest absolute Gasteiger partial charge is 0.484 e. The third-order valence-electron chi connectivity index (χ3n) is 1.86. The summed E-state index contributed by atoms with van der Waals surface area (Å²) >= 11 is 0. The van der Waals surface area contributed by atoms with Crippen molar-refractivity contribution in [3.63, 3.8) is 0 Å². The summed E-state index contributed by atoms with van der Waals surface area (Å²) in [6.07, 6.45) is 0. The molecule has 0 saturated carbocycles. The number of nitrogens with zero attached hydrogens (tertiary/aromatic N) is 1. The van der Waals surface area contributed by atoms with E-state index in [1.54, 1.807) is 6.07 Å². The summed E-state index contributed by atoms with van der Waals surface area (Å²) in [7, 11) is 3.87. The summed E-state index contributed by atoms with van der Waals surface area (Å²) in [6, 6.07) is 7.46. The molecule has 0 bridgehead atoms. The van der Waals surface area contributed by atoms with Crippen molar-refractivity contribution in [1.82, 2.24) is 5.43 Å². The number of hydrogen-bond acceptors (Lipinski definition) is 4. The smallest absolute Gasteiger partial charge is 0.271 e. The van der Waals surface area contributed by atoms with Gasteiger partial charge in [-0.2, -0.15) is 0 Å². The first kappa shape index (κ1) is 11.3. The maximum atomic E-state index is 10.8. The molecule has 5 heteroatoms. The fourth-order valence-electron chi connectivity index (χ4n) is 1.04. The van der Waals surface area contributed by atoms with Crippen LogP contribution in [-0.4, -0.2) is 26.6 Å². The van der Waals surface area contributed by atoms with Gasteiger partial charge in [-0.3, -0.25) is 10.2 Å². The molecule has 3 N–H and O–H groups in total. The van der Waals surface area contributed by atoms with E-state index in [1.807, 2.05) is 42.6 Å². The standard InChI is InChI=1S/C10H15N3O2/c1-13(2)8-4-3-5-9(6-8)15-7-10(14)12-11/h3-6H,7,11H2,1-2H3,(H,12,14). The summed E-state index contributed by atoms with van der Waals surface area (Å²) in [6.45, 7) is -0.0760. The highest BCUT2D eigenvalue weighted by molar-refractivity contribution is 5.76. The zero-order chi connectivity index (χ0) is 11.3. The minimum atomic E-state index is -0.356. The quantitative estimate of drug-likeness (QED) is 0.420. The molecule has 1 aromatic carbocycles. The molecule has 15 heavy (non-hydrogen) atoms. The van der Waals surface area contributed by atoms with Crippen LogP contribution >= 0.6 is 0 Å². The van der Waals surface area contributed by atoms with Crippen molar-refractivity contribution in [2.24, 2.45) is 5.84 Å². The first-order chi connectivity index (χ1) is 7.13. The molecule has 0 atom stereocenters. The minimum absolute atomic E-state index is 0.0760. The van der Waals surface area contributed by atoms with Crippen LogP contribution in [0.2, 0.25) is 0 Å². The molecule has 82 valence electrons. The Balaban J connectivity index is 2.61. The average Bonchev–Trinajstić information content (AvgIpc) is 2.26. The lowest BCUT2D eigenvalue weighted by atomic mass is 10.3. The number of nitrogens with one attached hydrogen (secondary N) is 1. The number of carbonyl (C=O) groups excluding carboxylic acids is 1. The van der Waals surface area contributed by atoms with Gasteiger partial charge in [-0.25, -0.2) is 5.84 Å². The zero-order valence-corrected chi connectivity index (χ0v) is 8.86. The fraction of sp³-hybridized carbons (Fsp3) is 0.300. The SMILES string of the molecule is CN(C)c1cccc(OCC(=O)NN)c1. The number of ether oxygens (including phenoxy) is 1. The van der Waals surface area contributed by atoms with Crippen molar-refractivity contribution < 1.29 is 9.53 Å². The molecule has 0 fully saturated rings. The Hall–Kier alpha value is -1.75. The van der Waals surface area contributed by atoms with Crippen LogP contribution in [0.3, 0.4) is 0 Å². The second-order valence-corrected chi connectivity index (χ2v) is 3.25. The number of anilines is 1. The molecular formula is C10H15N3O2. The number of rotatable bonds is 4. The molecule has 0 aliphatic carbocycles. The van der Waals surface area contributed by atoms with Gasteiger partial charge >= 0.3 is 0 Å². The summed E-state index contributed by atoms with van der Waals surface area (Å²) in [5.74, 6) is 5.21. The van der Waals surface area contributed by atoms with Gasteiger partial charge < -0.3 is 9.64 Å². The Kier molecular flexibility index (Phi) is 3.93. The molecule has 5 nitrogen and oxygen atoms in total. The third-order valence-corrected chi connectivity index (χ3v) is 1.86. The van der Waals surface area contributed by atoms with Gasteiger partial charge in [0.2, 0.25) is 0 Å². The zero-order valence-electron chi connectivity index (χ0n) is 8.86. The van der Waals surface area contributed by atoms with Crippen molar-refractivity contribution in [1.29, 1.82) is 0 Å². The van der Waals surface area contributed by atoms with Crippen LogP contribution in [0.1, 0.15) is 0 Å². The molecule has 0 saturated heterocycles. The highest BCUT2D eigenvalue weighted by Gasteiger charge is 2.01. The Bertz CT molecular complexity index is 339. The molecular weight excluding hydrogens is 194 g/mol. The molecule has 0 spiro atoms. The van der Waals surface area contributed by atoms with Crippen molar-refractivity contribution in [3.8, 4) is 5.75 Å². The van der Waals surface area contributed by atoms with Crippen molar-refractivity contribution in [2.75, 3.05) is 25.6 Å². The number of amides is 1. The average molecular weight is 209 g/mol. The van der Waals surface area contributed by atoms with E-state index in [2.05, 4.69) is 0 Å². The monoisotopic (exact) mass is 209 g/mol. The van der Waals surface area contributed by atoms with Gasteiger partial charge in [-0.1, -0.05) is 6.07 Å². The summed E-state index contributed by atoms with van der Waals surface area (Å²) < 4.78 is 5.23. The Morgan fingerprint density at radius 1 is 1.53 bits per heavy atom. The summed E-state index contributed by atoms with van der Waals surface area (Å²) in [4.78, 5) is 12.8. The van der Waals surface area contributed by atoms with E-state index in [4.69, 9.17) is 10.6 Å². The van der Waals surface area contributed by atoms with Gasteiger partial charge in [0.05, 0.1) is 0 Å². The molecule has 1 amide bonds. The highest BCUT2D eigenvalue weighted by Crippen LogP contribution is 2.18. The Labute approximate surface area is 88.8 Å². The molecule has 1 rings (SSSR count). The van der Waals surface area contributed by atoms with E-state index in [0.29, 0.717) is 5.75 Å². The molecule has 0 aromatic heterocycles. The van der Waals surface area contributed by atoms with E-state index in [0.717, 1.165) is 5.69 Å². The lowest BCUT2D eigenvalue weighted by Crippen LogP contribution is -2.34.